The van der Waals surface area contributed by atoms with E-state index in [9.17, 15) is 13.2 Å². The topological polar surface area (TPSA) is 26.0 Å². The van der Waals surface area contributed by atoms with Gasteiger partial charge < -0.3 is 4.42 Å². The van der Waals surface area contributed by atoms with E-state index >= 15 is 0 Å². The largest absolute Gasteiger partial charge is 0.441 e. The molecule has 0 fully saturated rings. The molecule has 0 aliphatic heterocycles. The van der Waals surface area contributed by atoms with Crippen molar-refractivity contribution in [3.8, 4) is 0 Å². The van der Waals surface area contributed by atoms with Crippen LogP contribution < -0.4 is 0 Å². The molecule has 80 valence electrons. The molecule has 0 unspecified atom stereocenters. The predicted molar refractivity (Wildman–Crippen MR) is 48.5 cm³/mol. The minimum atomic E-state index is -4.19. The summed E-state index contributed by atoms with van der Waals surface area (Å²) in [7, 11) is 0. The molecule has 0 saturated carbocycles. The first-order valence-electron chi connectivity index (χ1n) is 4.37. The van der Waals surface area contributed by atoms with Crippen molar-refractivity contribution in [1.29, 1.82) is 0 Å². The van der Waals surface area contributed by atoms with Crippen LogP contribution in [0, 0.1) is 6.92 Å². The number of halogens is 3. The lowest BCUT2D eigenvalue weighted by molar-refractivity contribution is -0.127. The lowest BCUT2D eigenvalue weighted by atomic mass is 10.1. The van der Waals surface area contributed by atoms with Crippen molar-refractivity contribution in [2.75, 3.05) is 0 Å². The summed E-state index contributed by atoms with van der Waals surface area (Å²) in [6.07, 6.45) is -5.12. The third-order valence-electron chi connectivity index (χ3n) is 1.96. The summed E-state index contributed by atoms with van der Waals surface area (Å²) in [5.41, 5.74) is 1.18. The van der Waals surface area contributed by atoms with E-state index in [1.54, 1.807) is 6.92 Å². The molecule has 2 rings (SSSR count). The van der Waals surface area contributed by atoms with E-state index < -0.39 is 12.6 Å². The van der Waals surface area contributed by atoms with Gasteiger partial charge in [0.25, 0.3) is 0 Å². The summed E-state index contributed by atoms with van der Waals surface area (Å²) in [6, 6.07) is 4.32. The second-order valence-electron chi connectivity index (χ2n) is 3.33. The molecule has 0 saturated heterocycles. The minimum Gasteiger partial charge on any atom is -0.441 e. The van der Waals surface area contributed by atoms with Gasteiger partial charge in [0.15, 0.2) is 11.5 Å². The Balaban J connectivity index is 2.38. The Morgan fingerprint density at radius 3 is 2.73 bits per heavy atom. The first kappa shape index (κ1) is 10.0. The zero-order valence-corrected chi connectivity index (χ0v) is 7.93. The maximum atomic E-state index is 12.1. The summed E-state index contributed by atoms with van der Waals surface area (Å²) in [6.45, 7) is 1.66. The van der Waals surface area contributed by atoms with Crippen LogP contribution in [0.15, 0.2) is 22.6 Å². The Hall–Kier alpha value is -1.52. The standard InChI is InChI=1S/C10H8F3NO/c1-6-14-8-4-7(5-10(11,12)13)2-3-9(8)15-6/h2-4H,5H2,1H3. The number of aryl methyl sites for hydroxylation is 1. The summed E-state index contributed by atoms with van der Waals surface area (Å²) in [5.74, 6) is 0.453. The maximum Gasteiger partial charge on any atom is 0.393 e. The van der Waals surface area contributed by atoms with E-state index in [2.05, 4.69) is 4.98 Å². The van der Waals surface area contributed by atoms with Crippen LogP contribution in [-0.4, -0.2) is 11.2 Å². The van der Waals surface area contributed by atoms with Crippen LogP contribution in [0.3, 0.4) is 0 Å². The normalized spacial score (nSPS) is 12.3. The molecule has 1 heterocycles. The molecule has 2 aromatic rings. The van der Waals surface area contributed by atoms with Crippen LogP contribution in [0.2, 0.25) is 0 Å². The van der Waals surface area contributed by atoms with E-state index in [1.165, 1.54) is 18.2 Å². The molecular weight excluding hydrogens is 207 g/mol. The number of aromatic nitrogens is 1. The van der Waals surface area contributed by atoms with Crippen LogP contribution >= 0.6 is 0 Å². The highest BCUT2D eigenvalue weighted by atomic mass is 19.4. The van der Waals surface area contributed by atoms with Gasteiger partial charge in [-0.2, -0.15) is 13.2 Å². The van der Waals surface area contributed by atoms with Crippen molar-refractivity contribution in [1.82, 2.24) is 4.98 Å². The van der Waals surface area contributed by atoms with Gasteiger partial charge in [0, 0.05) is 6.92 Å². The van der Waals surface area contributed by atoms with Crippen LogP contribution in [0.5, 0.6) is 0 Å². The van der Waals surface area contributed by atoms with Crippen molar-refractivity contribution in [2.45, 2.75) is 19.5 Å². The molecule has 0 bridgehead atoms. The van der Waals surface area contributed by atoms with Crippen LogP contribution in [0.25, 0.3) is 11.1 Å². The first-order valence-corrected chi connectivity index (χ1v) is 4.37. The maximum absolute atomic E-state index is 12.1. The zero-order valence-electron chi connectivity index (χ0n) is 7.93. The summed E-state index contributed by atoms with van der Waals surface area (Å²) < 4.78 is 41.5. The van der Waals surface area contributed by atoms with E-state index in [-0.39, 0.29) is 5.56 Å². The molecule has 0 amide bonds. The van der Waals surface area contributed by atoms with Crippen molar-refractivity contribution in [2.24, 2.45) is 0 Å². The van der Waals surface area contributed by atoms with Crippen LogP contribution in [0.1, 0.15) is 11.5 Å². The number of rotatable bonds is 1. The summed E-state index contributed by atoms with van der Waals surface area (Å²) >= 11 is 0. The van der Waals surface area contributed by atoms with Crippen molar-refractivity contribution in [3.05, 3.63) is 29.7 Å². The molecule has 0 N–H and O–H groups in total. The van der Waals surface area contributed by atoms with Gasteiger partial charge in [0.2, 0.25) is 0 Å². The lowest BCUT2D eigenvalue weighted by Gasteiger charge is -2.05. The third-order valence-corrected chi connectivity index (χ3v) is 1.96. The van der Waals surface area contributed by atoms with E-state index in [0.717, 1.165) is 0 Å². The minimum absolute atomic E-state index is 0.198. The van der Waals surface area contributed by atoms with Gasteiger partial charge in [-0.25, -0.2) is 4.98 Å². The highest BCUT2D eigenvalue weighted by Gasteiger charge is 2.27. The van der Waals surface area contributed by atoms with Crippen LogP contribution in [-0.2, 0) is 6.42 Å². The van der Waals surface area contributed by atoms with E-state index in [4.69, 9.17) is 4.42 Å². The number of hydrogen-bond donors (Lipinski definition) is 0. The van der Waals surface area contributed by atoms with E-state index in [0.29, 0.717) is 17.0 Å². The molecule has 15 heavy (non-hydrogen) atoms. The fraction of sp³-hybridized carbons (Fsp3) is 0.300. The van der Waals surface area contributed by atoms with Gasteiger partial charge in [-0.15, -0.1) is 0 Å². The Morgan fingerprint density at radius 2 is 2.07 bits per heavy atom. The molecule has 0 aliphatic carbocycles. The van der Waals surface area contributed by atoms with Crippen molar-refractivity contribution in [3.63, 3.8) is 0 Å². The predicted octanol–water partition coefficient (Wildman–Crippen LogP) is 3.24. The fourth-order valence-electron chi connectivity index (χ4n) is 1.43. The number of benzene rings is 1. The van der Waals surface area contributed by atoms with Gasteiger partial charge in [0.1, 0.15) is 5.52 Å². The average Bonchev–Trinajstić information content (AvgIpc) is 2.40. The number of nitrogens with zero attached hydrogens (tertiary/aromatic N) is 1. The number of hydrogen-bond acceptors (Lipinski definition) is 2. The Labute approximate surface area is 83.7 Å². The smallest absolute Gasteiger partial charge is 0.393 e. The fourth-order valence-corrected chi connectivity index (χ4v) is 1.43. The molecule has 0 aliphatic rings. The molecule has 0 radical (unpaired) electrons. The van der Waals surface area contributed by atoms with Gasteiger partial charge >= 0.3 is 6.18 Å². The SMILES string of the molecule is Cc1nc2cc(CC(F)(F)F)ccc2o1. The third kappa shape index (κ3) is 2.29. The molecule has 0 spiro atoms. The summed E-state index contributed by atoms with van der Waals surface area (Å²) in [4.78, 5) is 3.97. The first-order chi connectivity index (χ1) is 6.94. The average molecular weight is 215 g/mol. The molecule has 0 atom stereocenters. The highest BCUT2D eigenvalue weighted by Crippen LogP contribution is 2.24. The van der Waals surface area contributed by atoms with Crippen molar-refractivity contribution >= 4 is 11.1 Å². The number of alkyl halides is 3. The number of fused-ring (bicyclic) bond motifs is 1. The molecular formula is C10H8F3NO. The lowest BCUT2D eigenvalue weighted by Crippen LogP contribution is -2.11. The second-order valence-corrected chi connectivity index (χ2v) is 3.33. The second kappa shape index (κ2) is 3.25. The highest BCUT2D eigenvalue weighted by molar-refractivity contribution is 5.73. The van der Waals surface area contributed by atoms with Gasteiger partial charge in [-0.1, -0.05) is 6.07 Å². The molecule has 2 nitrogen and oxygen atoms in total. The monoisotopic (exact) mass is 215 g/mol. The zero-order chi connectivity index (χ0) is 11.1. The van der Waals surface area contributed by atoms with Gasteiger partial charge in [-0.05, 0) is 17.7 Å². The van der Waals surface area contributed by atoms with E-state index in [1.807, 2.05) is 0 Å². The Morgan fingerprint density at radius 1 is 1.33 bits per heavy atom. The number of oxazole rings is 1. The molecule has 5 heteroatoms. The molecule has 1 aromatic carbocycles. The van der Waals surface area contributed by atoms with Crippen molar-refractivity contribution < 1.29 is 17.6 Å². The molecule has 1 aromatic heterocycles. The van der Waals surface area contributed by atoms with Gasteiger partial charge in [-0.3, -0.25) is 0 Å². The Kier molecular flexibility index (Phi) is 2.17. The van der Waals surface area contributed by atoms with Crippen LogP contribution in [0.4, 0.5) is 13.2 Å². The van der Waals surface area contributed by atoms with Gasteiger partial charge in [0.05, 0.1) is 6.42 Å². The summed E-state index contributed by atoms with van der Waals surface area (Å²) in [5, 5.41) is 0. The Bertz CT molecular complexity index is 487. The quantitative estimate of drug-likeness (QED) is 0.729.